The average Bonchev–Trinajstić information content (AvgIpc) is 2.60. The van der Waals surface area contributed by atoms with Gasteiger partial charge in [-0.2, -0.15) is 0 Å². The lowest BCUT2D eigenvalue weighted by Crippen LogP contribution is -2.56. The molecule has 0 atom stereocenters. The molecule has 2 rings (SSSR count). The first-order valence-electron chi connectivity index (χ1n) is 9.19. The van der Waals surface area contributed by atoms with E-state index in [1.165, 1.54) is 7.11 Å². The van der Waals surface area contributed by atoms with Gasteiger partial charge in [-0.3, -0.25) is 4.79 Å². The molecule has 1 aliphatic heterocycles. The van der Waals surface area contributed by atoms with E-state index in [1.807, 2.05) is 0 Å². The first kappa shape index (κ1) is 21.2. The van der Waals surface area contributed by atoms with Crippen molar-refractivity contribution in [2.75, 3.05) is 20.2 Å². The number of methoxy groups -OCH3 is 1. The number of amides is 1. The number of esters is 1. The van der Waals surface area contributed by atoms with Crippen LogP contribution in [0.15, 0.2) is 0 Å². The topological polar surface area (TPSA) is 67.4 Å². The number of carbonyl (C=O) groups excluding carboxylic acids is 2. The number of ether oxygens (including phenoxy) is 1. The lowest BCUT2D eigenvalue weighted by Gasteiger charge is -2.38. The molecule has 5 nitrogen and oxygen atoms in total. The van der Waals surface area contributed by atoms with Gasteiger partial charge in [0.1, 0.15) is 5.54 Å². The summed E-state index contributed by atoms with van der Waals surface area (Å²) in [6, 6.07) is 0. The number of hydrogen-bond donors (Lipinski definition) is 2. The molecule has 140 valence electrons. The smallest absolute Gasteiger partial charge is 0.331 e. The fourth-order valence-electron chi connectivity index (χ4n) is 3.99. The van der Waals surface area contributed by atoms with Gasteiger partial charge in [0.05, 0.1) is 7.11 Å². The fourth-order valence-corrected chi connectivity index (χ4v) is 3.99. The average molecular weight is 361 g/mol. The number of carbonyl (C=O) groups is 2. The van der Waals surface area contributed by atoms with E-state index in [-0.39, 0.29) is 24.3 Å². The van der Waals surface area contributed by atoms with Crippen molar-refractivity contribution < 1.29 is 14.3 Å². The molecule has 0 aromatic rings. The minimum atomic E-state index is -0.786. The quantitative estimate of drug-likeness (QED) is 0.715. The highest BCUT2D eigenvalue weighted by Gasteiger charge is 2.43. The maximum atomic E-state index is 12.4. The van der Waals surface area contributed by atoms with E-state index in [1.54, 1.807) is 0 Å². The van der Waals surface area contributed by atoms with Gasteiger partial charge in [-0.25, -0.2) is 4.79 Å². The molecule has 0 aromatic carbocycles. The summed E-state index contributed by atoms with van der Waals surface area (Å²) in [6.45, 7) is 4.29. The van der Waals surface area contributed by atoms with Gasteiger partial charge in [-0.15, -0.1) is 12.4 Å². The Hall–Kier alpha value is -0.810. The summed E-state index contributed by atoms with van der Waals surface area (Å²) in [5.74, 6) is 1.03. The van der Waals surface area contributed by atoms with Crippen molar-refractivity contribution in [2.24, 2.45) is 11.8 Å². The number of piperidine rings is 1. The standard InChI is InChI=1S/C18H32N2O3.ClH/c1-3-14-6-10-18(11-7-14,17(22)23-2)20-16(21)5-4-15-8-12-19-13-9-15;/h14-15,19H,3-13H2,1-2H3,(H,20,21);1H. The molecular formula is C18H33ClN2O3. The van der Waals surface area contributed by atoms with E-state index in [0.717, 1.165) is 51.6 Å². The SMILES string of the molecule is CCC1CCC(NC(=O)CCC2CCNCC2)(C(=O)OC)CC1.Cl. The van der Waals surface area contributed by atoms with Crippen LogP contribution >= 0.6 is 12.4 Å². The Kier molecular flexibility index (Phi) is 9.06. The minimum Gasteiger partial charge on any atom is -0.467 e. The monoisotopic (exact) mass is 360 g/mol. The Balaban J connectivity index is 0.00000288. The maximum absolute atomic E-state index is 12.4. The van der Waals surface area contributed by atoms with Crippen LogP contribution in [0.4, 0.5) is 0 Å². The van der Waals surface area contributed by atoms with Crippen LogP contribution in [0, 0.1) is 11.8 Å². The third-order valence-corrected chi connectivity index (χ3v) is 5.73. The summed E-state index contributed by atoms with van der Waals surface area (Å²) in [5.41, 5.74) is -0.786. The van der Waals surface area contributed by atoms with Gasteiger partial charge >= 0.3 is 5.97 Å². The van der Waals surface area contributed by atoms with Crippen molar-refractivity contribution in [3.63, 3.8) is 0 Å². The second kappa shape index (κ2) is 10.2. The van der Waals surface area contributed by atoms with Crippen molar-refractivity contribution in [3.05, 3.63) is 0 Å². The van der Waals surface area contributed by atoms with Gasteiger partial charge < -0.3 is 15.4 Å². The molecule has 1 saturated heterocycles. The number of hydrogen-bond acceptors (Lipinski definition) is 4. The molecule has 0 radical (unpaired) electrons. The largest absolute Gasteiger partial charge is 0.467 e. The predicted octanol–water partition coefficient (Wildman–Crippen LogP) is 2.82. The summed E-state index contributed by atoms with van der Waals surface area (Å²) in [5, 5.41) is 6.38. The molecule has 1 aliphatic carbocycles. The highest BCUT2D eigenvalue weighted by molar-refractivity contribution is 5.88. The lowest BCUT2D eigenvalue weighted by atomic mass is 9.75. The Bertz CT molecular complexity index is 403. The van der Waals surface area contributed by atoms with E-state index in [9.17, 15) is 9.59 Å². The zero-order valence-corrected chi connectivity index (χ0v) is 15.9. The molecule has 2 N–H and O–H groups in total. The summed E-state index contributed by atoms with van der Waals surface area (Å²) in [7, 11) is 1.41. The highest BCUT2D eigenvalue weighted by atomic mass is 35.5. The number of nitrogens with one attached hydrogen (secondary N) is 2. The van der Waals surface area contributed by atoms with Crippen LogP contribution in [0.25, 0.3) is 0 Å². The van der Waals surface area contributed by atoms with Crippen molar-refractivity contribution in [2.45, 2.75) is 70.3 Å². The minimum absolute atomic E-state index is 0. The van der Waals surface area contributed by atoms with Gasteiger partial charge in [0, 0.05) is 6.42 Å². The van der Waals surface area contributed by atoms with Crippen LogP contribution in [0.5, 0.6) is 0 Å². The van der Waals surface area contributed by atoms with Crippen LogP contribution in [0.2, 0.25) is 0 Å². The normalized spacial score (nSPS) is 27.8. The highest BCUT2D eigenvalue weighted by Crippen LogP contribution is 2.34. The fraction of sp³-hybridized carbons (Fsp3) is 0.889. The van der Waals surface area contributed by atoms with E-state index < -0.39 is 5.54 Å². The predicted molar refractivity (Wildman–Crippen MR) is 97.2 cm³/mol. The molecule has 24 heavy (non-hydrogen) atoms. The molecule has 2 fully saturated rings. The molecule has 1 amide bonds. The van der Waals surface area contributed by atoms with Crippen molar-refractivity contribution >= 4 is 24.3 Å². The second-order valence-electron chi connectivity index (χ2n) is 7.21. The molecule has 0 unspecified atom stereocenters. The first-order chi connectivity index (χ1) is 11.1. The van der Waals surface area contributed by atoms with E-state index in [0.29, 0.717) is 31.1 Å². The van der Waals surface area contributed by atoms with Crippen LogP contribution in [0.1, 0.15) is 64.7 Å². The zero-order chi connectivity index (χ0) is 16.7. The van der Waals surface area contributed by atoms with Gasteiger partial charge in [-0.1, -0.05) is 13.3 Å². The van der Waals surface area contributed by atoms with Crippen molar-refractivity contribution in [1.82, 2.24) is 10.6 Å². The zero-order valence-electron chi connectivity index (χ0n) is 15.1. The first-order valence-corrected chi connectivity index (χ1v) is 9.19. The lowest BCUT2D eigenvalue weighted by molar-refractivity contribution is -0.153. The van der Waals surface area contributed by atoms with Crippen LogP contribution in [-0.4, -0.2) is 37.6 Å². The number of rotatable bonds is 6. The van der Waals surface area contributed by atoms with E-state index in [2.05, 4.69) is 17.6 Å². The summed E-state index contributed by atoms with van der Waals surface area (Å²) >= 11 is 0. The summed E-state index contributed by atoms with van der Waals surface area (Å²) in [4.78, 5) is 24.7. The Labute approximate surface area is 152 Å². The molecule has 0 bridgehead atoms. The summed E-state index contributed by atoms with van der Waals surface area (Å²) in [6.07, 6.45) is 8.25. The third kappa shape index (κ3) is 5.62. The molecule has 2 aliphatic rings. The van der Waals surface area contributed by atoms with Gasteiger partial charge in [-0.05, 0) is 69.9 Å². The van der Waals surface area contributed by atoms with Crippen molar-refractivity contribution in [1.29, 1.82) is 0 Å². The Morgan fingerprint density at radius 3 is 2.29 bits per heavy atom. The molecule has 0 spiro atoms. The number of halogens is 1. The molecule has 0 aromatic heterocycles. The molecular weight excluding hydrogens is 328 g/mol. The van der Waals surface area contributed by atoms with Gasteiger partial charge in [0.2, 0.25) is 5.91 Å². The Morgan fingerprint density at radius 2 is 1.75 bits per heavy atom. The third-order valence-electron chi connectivity index (χ3n) is 5.73. The second-order valence-corrected chi connectivity index (χ2v) is 7.21. The molecule has 1 saturated carbocycles. The maximum Gasteiger partial charge on any atom is 0.331 e. The molecule has 1 heterocycles. The van der Waals surface area contributed by atoms with Crippen molar-refractivity contribution in [3.8, 4) is 0 Å². The van der Waals surface area contributed by atoms with Crippen LogP contribution in [0.3, 0.4) is 0 Å². The molecule has 6 heteroatoms. The van der Waals surface area contributed by atoms with E-state index >= 15 is 0 Å². The Morgan fingerprint density at radius 1 is 1.12 bits per heavy atom. The van der Waals surface area contributed by atoms with Gasteiger partial charge in [0.15, 0.2) is 0 Å². The van der Waals surface area contributed by atoms with E-state index in [4.69, 9.17) is 4.74 Å². The van der Waals surface area contributed by atoms with Crippen LogP contribution in [-0.2, 0) is 14.3 Å². The summed E-state index contributed by atoms with van der Waals surface area (Å²) < 4.78 is 5.00. The van der Waals surface area contributed by atoms with Gasteiger partial charge in [0.25, 0.3) is 0 Å². The van der Waals surface area contributed by atoms with Crippen LogP contribution < -0.4 is 10.6 Å².